The van der Waals surface area contributed by atoms with Crippen LogP contribution in [0, 0.1) is 10.1 Å². The van der Waals surface area contributed by atoms with Gasteiger partial charge in [-0.1, -0.05) is 0 Å². The lowest BCUT2D eigenvalue weighted by Gasteiger charge is -2.08. The van der Waals surface area contributed by atoms with Gasteiger partial charge in [-0.15, -0.1) is 0 Å². The number of carbonyl (C=O) groups is 1. The van der Waals surface area contributed by atoms with E-state index in [1.54, 1.807) is 6.07 Å². The van der Waals surface area contributed by atoms with Crippen LogP contribution < -0.4 is 0 Å². The van der Waals surface area contributed by atoms with Crippen molar-refractivity contribution in [3.63, 3.8) is 0 Å². The monoisotopic (exact) mass is 274 g/mol. The van der Waals surface area contributed by atoms with E-state index in [1.807, 2.05) is 0 Å². The van der Waals surface area contributed by atoms with Crippen LogP contribution in [-0.4, -0.2) is 30.8 Å². The Bertz CT molecular complexity index is 722. The van der Waals surface area contributed by atoms with Gasteiger partial charge in [-0.3, -0.25) is 10.1 Å². The SMILES string of the molecule is O=C(O)c1cc2c(nc1-n1cc([N+](=O)[O-])cn1)CCC2. The van der Waals surface area contributed by atoms with E-state index in [-0.39, 0.29) is 17.1 Å². The molecule has 102 valence electrons. The lowest BCUT2D eigenvalue weighted by atomic mass is 10.1. The summed E-state index contributed by atoms with van der Waals surface area (Å²) in [7, 11) is 0. The van der Waals surface area contributed by atoms with Gasteiger partial charge in [0, 0.05) is 5.69 Å². The molecular formula is C12H10N4O4. The predicted octanol–water partition coefficient (Wildman–Crippen LogP) is 1.36. The number of fused-ring (bicyclic) bond motifs is 1. The predicted molar refractivity (Wildman–Crippen MR) is 67.0 cm³/mol. The molecule has 0 saturated heterocycles. The van der Waals surface area contributed by atoms with E-state index >= 15 is 0 Å². The summed E-state index contributed by atoms with van der Waals surface area (Å²) in [5, 5.41) is 23.8. The minimum Gasteiger partial charge on any atom is -0.478 e. The van der Waals surface area contributed by atoms with Crippen molar-refractivity contribution in [2.45, 2.75) is 19.3 Å². The van der Waals surface area contributed by atoms with Crippen LogP contribution in [0.4, 0.5) is 5.69 Å². The summed E-state index contributed by atoms with van der Waals surface area (Å²) in [6, 6.07) is 1.58. The highest BCUT2D eigenvalue weighted by Crippen LogP contribution is 2.25. The molecule has 2 heterocycles. The van der Waals surface area contributed by atoms with Gasteiger partial charge in [0.2, 0.25) is 0 Å². The minimum absolute atomic E-state index is 0.00338. The summed E-state index contributed by atoms with van der Waals surface area (Å²) in [5.41, 5.74) is 1.56. The number of carboxylic acids is 1. The number of aryl methyl sites for hydroxylation is 2. The number of aromatic carboxylic acids is 1. The standard InChI is InChI=1S/C12H10N4O4/c17-12(18)9-4-7-2-1-3-10(7)14-11(9)15-6-8(5-13-15)16(19)20/h4-6H,1-3H2,(H,17,18). The zero-order chi connectivity index (χ0) is 14.3. The van der Waals surface area contributed by atoms with Gasteiger partial charge in [-0.25, -0.2) is 14.5 Å². The molecule has 0 radical (unpaired) electrons. The molecule has 2 aromatic rings. The first-order valence-corrected chi connectivity index (χ1v) is 6.02. The Labute approximate surface area is 112 Å². The average molecular weight is 274 g/mol. The number of aromatic nitrogens is 3. The molecule has 1 aliphatic carbocycles. The molecule has 0 amide bonds. The summed E-state index contributed by atoms with van der Waals surface area (Å²) in [4.78, 5) is 25.7. The molecule has 2 aromatic heterocycles. The van der Waals surface area contributed by atoms with Crippen LogP contribution in [0.25, 0.3) is 5.82 Å². The summed E-state index contributed by atoms with van der Waals surface area (Å²) in [5.74, 6) is -1.01. The third kappa shape index (κ3) is 1.91. The second-order valence-corrected chi connectivity index (χ2v) is 4.52. The summed E-state index contributed by atoms with van der Waals surface area (Å²) < 4.78 is 1.14. The van der Waals surface area contributed by atoms with Crippen LogP contribution >= 0.6 is 0 Å². The van der Waals surface area contributed by atoms with Gasteiger partial charge >= 0.3 is 11.7 Å². The largest absolute Gasteiger partial charge is 0.478 e. The third-order valence-electron chi connectivity index (χ3n) is 3.26. The molecule has 0 aromatic carbocycles. The number of hydrogen-bond donors (Lipinski definition) is 1. The maximum Gasteiger partial charge on any atom is 0.339 e. The van der Waals surface area contributed by atoms with Crippen LogP contribution in [0.1, 0.15) is 28.0 Å². The fraction of sp³-hybridized carbons (Fsp3) is 0.250. The smallest absolute Gasteiger partial charge is 0.339 e. The zero-order valence-electron chi connectivity index (χ0n) is 10.3. The second-order valence-electron chi connectivity index (χ2n) is 4.52. The molecule has 0 atom stereocenters. The van der Waals surface area contributed by atoms with Crippen LogP contribution in [0.15, 0.2) is 18.5 Å². The number of pyridine rings is 1. The summed E-state index contributed by atoms with van der Waals surface area (Å²) in [6.45, 7) is 0. The van der Waals surface area contributed by atoms with E-state index in [1.165, 1.54) is 0 Å². The molecule has 1 N–H and O–H groups in total. The first kappa shape index (κ1) is 12.3. The molecule has 0 spiro atoms. The van der Waals surface area contributed by atoms with E-state index in [4.69, 9.17) is 0 Å². The lowest BCUT2D eigenvalue weighted by molar-refractivity contribution is -0.384. The van der Waals surface area contributed by atoms with Gasteiger partial charge in [0.05, 0.1) is 4.92 Å². The Balaban J connectivity index is 2.16. The van der Waals surface area contributed by atoms with Gasteiger partial charge in [0.15, 0.2) is 5.82 Å². The first-order valence-electron chi connectivity index (χ1n) is 6.02. The van der Waals surface area contributed by atoms with Crippen LogP contribution in [0.3, 0.4) is 0 Å². The number of nitrogens with zero attached hydrogens (tertiary/aromatic N) is 4. The molecule has 8 nitrogen and oxygen atoms in total. The van der Waals surface area contributed by atoms with Crippen molar-refractivity contribution < 1.29 is 14.8 Å². The van der Waals surface area contributed by atoms with Crippen molar-refractivity contribution in [2.24, 2.45) is 0 Å². The maximum absolute atomic E-state index is 11.3. The van der Waals surface area contributed by atoms with Crippen molar-refractivity contribution in [1.29, 1.82) is 0 Å². The molecule has 20 heavy (non-hydrogen) atoms. The van der Waals surface area contributed by atoms with Crippen LogP contribution in [0.2, 0.25) is 0 Å². The Kier molecular flexibility index (Phi) is 2.70. The highest BCUT2D eigenvalue weighted by molar-refractivity contribution is 5.91. The second kappa shape index (κ2) is 4.41. The molecule has 1 aliphatic rings. The van der Waals surface area contributed by atoms with E-state index in [9.17, 15) is 20.0 Å². The third-order valence-corrected chi connectivity index (χ3v) is 3.26. The first-order chi connectivity index (χ1) is 9.56. The van der Waals surface area contributed by atoms with Crippen LogP contribution in [0.5, 0.6) is 0 Å². The number of nitro groups is 1. The molecule has 3 rings (SSSR count). The van der Waals surface area contributed by atoms with E-state index in [0.717, 1.165) is 47.6 Å². The zero-order valence-corrected chi connectivity index (χ0v) is 10.3. The molecule has 0 bridgehead atoms. The number of hydrogen-bond acceptors (Lipinski definition) is 5. The van der Waals surface area contributed by atoms with Gasteiger partial charge in [-0.05, 0) is 30.9 Å². The fourth-order valence-corrected chi connectivity index (χ4v) is 2.32. The van der Waals surface area contributed by atoms with Gasteiger partial charge in [0.25, 0.3) is 0 Å². The highest BCUT2D eigenvalue weighted by Gasteiger charge is 2.22. The lowest BCUT2D eigenvalue weighted by Crippen LogP contribution is -2.10. The highest BCUT2D eigenvalue weighted by atomic mass is 16.6. The fourth-order valence-electron chi connectivity index (χ4n) is 2.32. The summed E-state index contributed by atoms with van der Waals surface area (Å²) >= 11 is 0. The minimum atomic E-state index is -1.12. The average Bonchev–Trinajstić information content (AvgIpc) is 3.05. The van der Waals surface area contributed by atoms with Crippen molar-refractivity contribution in [3.05, 3.63) is 45.4 Å². The van der Waals surface area contributed by atoms with E-state index < -0.39 is 10.9 Å². The molecule has 0 fully saturated rings. The Morgan fingerprint density at radius 3 is 2.90 bits per heavy atom. The quantitative estimate of drug-likeness (QED) is 0.668. The molecule has 0 unspecified atom stereocenters. The van der Waals surface area contributed by atoms with Crippen molar-refractivity contribution in [2.75, 3.05) is 0 Å². The molecule has 8 heteroatoms. The number of rotatable bonds is 3. The summed E-state index contributed by atoms with van der Waals surface area (Å²) in [6.07, 6.45) is 4.76. The van der Waals surface area contributed by atoms with Gasteiger partial charge in [-0.2, -0.15) is 5.10 Å². The Morgan fingerprint density at radius 2 is 2.25 bits per heavy atom. The topological polar surface area (TPSA) is 111 Å². The molecule has 0 saturated carbocycles. The van der Waals surface area contributed by atoms with Crippen molar-refractivity contribution in [3.8, 4) is 5.82 Å². The maximum atomic E-state index is 11.3. The van der Waals surface area contributed by atoms with Crippen molar-refractivity contribution in [1.82, 2.24) is 14.8 Å². The van der Waals surface area contributed by atoms with E-state index in [2.05, 4.69) is 10.1 Å². The number of carboxylic acid groups (broad SMARTS) is 1. The van der Waals surface area contributed by atoms with Gasteiger partial charge in [0.1, 0.15) is 18.0 Å². The molecular weight excluding hydrogens is 264 g/mol. The van der Waals surface area contributed by atoms with E-state index in [0.29, 0.717) is 0 Å². The van der Waals surface area contributed by atoms with Crippen LogP contribution in [-0.2, 0) is 12.8 Å². The Morgan fingerprint density at radius 1 is 1.45 bits per heavy atom. The Hall–Kier alpha value is -2.77. The molecule has 0 aliphatic heterocycles. The normalized spacial score (nSPS) is 13.2. The van der Waals surface area contributed by atoms with Gasteiger partial charge < -0.3 is 5.11 Å². The van der Waals surface area contributed by atoms with Crippen molar-refractivity contribution >= 4 is 11.7 Å².